The van der Waals surface area contributed by atoms with Crippen LogP contribution in [0.25, 0.3) is 0 Å². The summed E-state index contributed by atoms with van der Waals surface area (Å²) in [6, 6.07) is 0. The van der Waals surface area contributed by atoms with Gasteiger partial charge in [-0.2, -0.15) is 5.10 Å². The first-order chi connectivity index (χ1) is 12.5. The standard InChI is InChI=1S/C18H23BrN6O/c1-24-9-14(8-22-24)7-20-15(26)17-3-12-2-13(4-17)6-18(5-12,10-17)25-11-21-16(19)23-25/h8-9,11-13H,2-7,10H2,1H3,(H,20,26). The van der Waals surface area contributed by atoms with Gasteiger partial charge in [-0.25, -0.2) is 9.67 Å². The molecule has 4 aliphatic carbocycles. The Kier molecular flexibility index (Phi) is 3.58. The average Bonchev–Trinajstić information content (AvgIpc) is 3.20. The van der Waals surface area contributed by atoms with E-state index in [4.69, 9.17) is 0 Å². The molecule has 0 saturated heterocycles. The van der Waals surface area contributed by atoms with E-state index in [-0.39, 0.29) is 16.9 Å². The number of hydrogen-bond acceptors (Lipinski definition) is 4. The quantitative estimate of drug-likeness (QED) is 0.826. The summed E-state index contributed by atoms with van der Waals surface area (Å²) in [5, 5.41) is 11.9. The molecule has 8 heteroatoms. The van der Waals surface area contributed by atoms with Gasteiger partial charge in [-0.15, -0.1) is 5.10 Å². The largest absolute Gasteiger partial charge is 0.351 e. The van der Waals surface area contributed by atoms with Crippen LogP contribution in [0.2, 0.25) is 0 Å². The van der Waals surface area contributed by atoms with Gasteiger partial charge in [0.15, 0.2) is 0 Å². The minimum atomic E-state index is -0.259. The summed E-state index contributed by atoms with van der Waals surface area (Å²) in [7, 11) is 1.89. The zero-order valence-corrected chi connectivity index (χ0v) is 16.4. The monoisotopic (exact) mass is 418 g/mol. The van der Waals surface area contributed by atoms with Crippen molar-refractivity contribution in [1.29, 1.82) is 0 Å². The summed E-state index contributed by atoms with van der Waals surface area (Å²) in [5.41, 5.74) is 0.736. The number of aryl methyl sites for hydroxylation is 1. The third-order valence-corrected chi connectivity index (χ3v) is 7.04. The lowest BCUT2D eigenvalue weighted by Gasteiger charge is -2.60. The molecule has 4 fully saturated rings. The Morgan fingerprint density at radius 2 is 2.12 bits per heavy atom. The predicted molar refractivity (Wildman–Crippen MR) is 97.9 cm³/mol. The van der Waals surface area contributed by atoms with Crippen molar-refractivity contribution < 1.29 is 4.79 Å². The fourth-order valence-electron chi connectivity index (χ4n) is 6.15. The van der Waals surface area contributed by atoms with Crippen molar-refractivity contribution >= 4 is 21.8 Å². The topological polar surface area (TPSA) is 77.6 Å². The van der Waals surface area contributed by atoms with Gasteiger partial charge in [-0.05, 0) is 66.3 Å². The molecule has 0 spiro atoms. The van der Waals surface area contributed by atoms with E-state index in [1.165, 1.54) is 6.42 Å². The number of nitrogens with one attached hydrogen (secondary N) is 1. The SMILES string of the molecule is Cn1cc(CNC(=O)C23CC4CC(C2)CC(n2cnc(Br)n2)(C4)C3)cn1. The summed E-state index contributed by atoms with van der Waals surface area (Å²) < 4.78 is 4.44. The molecule has 2 aromatic rings. The van der Waals surface area contributed by atoms with Crippen LogP contribution in [0.1, 0.15) is 44.1 Å². The Hall–Kier alpha value is -1.70. The van der Waals surface area contributed by atoms with E-state index in [0.717, 1.165) is 37.7 Å². The number of rotatable bonds is 4. The third kappa shape index (κ3) is 2.52. The van der Waals surface area contributed by atoms with E-state index in [9.17, 15) is 4.79 Å². The Labute approximate surface area is 160 Å². The first kappa shape index (κ1) is 16.5. The van der Waals surface area contributed by atoms with Crippen LogP contribution in [0.5, 0.6) is 0 Å². The molecule has 4 bridgehead atoms. The molecule has 26 heavy (non-hydrogen) atoms. The average molecular weight is 419 g/mol. The van der Waals surface area contributed by atoms with Crippen molar-refractivity contribution in [1.82, 2.24) is 29.9 Å². The second kappa shape index (κ2) is 5.65. The molecule has 1 amide bonds. The Morgan fingerprint density at radius 3 is 2.73 bits per heavy atom. The van der Waals surface area contributed by atoms with E-state index >= 15 is 0 Å². The molecule has 2 heterocycles. The molecule has 0 radical (unpaired) electrons. The van der Waals surface area contributed by atoms with Gasteiger partial charge in [0, 0.05) is 25.4 Å². The van der Waals surface area contributed by atoms with Gasteiger partial charge in [-0.3, -0.25) is 9.48 Å². The summed E-state index contributed by atoms with van der Waals surface area (Å²) in [4.78, 5) is 17.5. The van der Waals surface area contributed by atoms with Crippen molar-refractivity contribution in [2.24, 2.45) is 24.3 Å². The van der Waals surface area contributed by atoms with Crippen LogP contribution in [0.4, 0.5) is 0 Å². The molecule has 2 unspecified atom stereocenters. The normalized spacial score (nSPS) is 35.0. The minimum Gasteiger partial charge on any atom is -0.351 e. The van der Waals surface area contributed by atoms with Crippen molar-refractivity contribution in [3.8, 4) is 0 Å². The lowest BCUT2D eigenvalue weighted by Crippen LogP contribution is -2.61. The maximum atomic E-state index is 13.3. The summed E-state index contributed by atoms with van der Waals surface area (Å²) in [5.74, 6) is 1.44. The number of amides is 1. The van der Waals surface area contributed by atoms with Crippen LogP contribution >= 0.6 is 15.9 Å². The van der Waals surface area contributed by atoms with E-state index in [2.05, 4.69) is 36.4 Å². The number of carbonyl (C=O) groups is 1. The number of halogens is 1. The van der Waals surface area contributed by atoms with Crippen LogP contribution in [-0.4, -0.2) is 30.5 Å². The van der Waals surface area contributed by atoms with Crippen LogP contribution in [0, 0.1) is 17.3 Å². The van der Waals surface area contributed by atoms with Gasteiger partial charge < -0.3 is 5.32 Å². The molecule has 0 aromatic carbocycles. The lowest BCUT2D eigenvalue weighted by atomic mass is 9.46. The number of nitrogens with zero attached hydrogens (tertiary/aromatic N) is 5. The Bertz CT molecular complexity index is 843. The van der Waals surface area contributed by atoms with E-state index < -0.39 is 0 Å². The number of carbonyl (C=O) groups excluding carboxylic acids is 1. The number of hydrogen-bond donors (Lipinski definition) is 1. The molecule has 2 atom stereocenters. The second-order valence-electron chi connectivity index (χ2n) is 8.63. The molecule has 4 aliphatic rings. The van der Waals surface area contributed by atoms with Gasteiger partial charge in [-0.1, -0.05) is 0 Å². The Balaban J connectivity index is 1.40. The first-order valence-electron chi connectivity index (χ1n) is 9.30. The highest BCUT2D eigenvalue weighted by molar-refractivity contribution is 9.10. The fraction of sp³-hybridized carbons (Fsp3) is 0.667. The molecule has 1 N–H and O–H groups in total. The zero-order valence-electron chi connectivity index (χ0n) is 14.9. The van der Waals surface area contributed by atoms with Crippen LogP contribution < -0.4 is 5.32 Å². The van der Waals surface area contributed by atoms with Crippen LogP contribution in [-0.2, 0) is 23.9 Å². The van der Waals surface area contributed by atoms with Crippen molar-refractivity contribution in [3.05, 3.63) is 29.0 Å². The van der Waals surface area contributed by atoms with Crippen LogP contribution in [0.15, 0.2) is 23.5 Å². The first-order valence-corrected chi connectivity index (χ1v) is 10.1. The van der Waals surface area contributed by atoms with Crippen molar-refractivity contribution in [2.75, 3.05) is 0 Å². The highest BCUT2D eigenvalue weighted by Crippen LogP contribution is 2.64. The smallest absolute Gasteiger partial charge is 0.226 e. The van der Waals surface area contributed by atoms with Gasteiger partial charge in [0.1, 0.15) is 6.33 Å². The summed E-state index contributed by atoms with van der Waals surface area (Å²) in [6.45, 7) is 0.547. The van der Waals surface area contributed by atoms with Crippen LogP contribution in [0.3, 0.4) is 0 Å². The molecule has 4 saturated carbocycles. The molecular weight excluding hydrogens is 396 g/mol. The molecular formula is C18H23BrN6O. The fourth-order valence-corrected chi connectivity index (χ4v) is 6.41. The predicted octanol–water partition coefficient (Wildman–Crippen LogP) is 2.39. The van der Waals surface area contributed by atoms with E-state index in [1.54, 1.807) is 4.68 Å². The van der Waals surface area contributed by atoms with Gasteiger partial charge in [0.2, 0.25) is 10.6 Å². The van der Waals surface area contributed by atoms with E-state index in [1.807, 2.05) is 30.5 Å². The maximum absolute atomic E-state index is 13.3. The maximum Gasteiger partial charge on any atom is 0.226 e. The van der Waals surface area contributed by atoms with Crippen molar-refractivity contribution in [2.45, 2.75) is 50.6 Å². The van der Waals surface area contributed by atoms with E-state index in [0.29, 0.717) is 23.1 Å². The highest BCUT2D eigenvalue weighted by Gasteiger charge is 2.61. The highest BCUT2D eigenvalue weighted by atomic mass is 79.9. The molecule has 0 aliphatic heterocycles. The summed E-state index contributed by atoms with van der Waals surface area (Å²) >= 11 is 3.38. The molecule has 2 aromatic heterocycles. The molecule has 6 rings (SSSR count). The summed E-state index contributed by atoms with van der Waals surface area (Å²) in [6.07, 6.45) is 12.0. The number of aromatic nitrogens is 5. The second-order valence-corrected chi connectivity index (χ2v) is 9.34. The molecule has 138 valence electrons. The van der Waals surface area contributed by atoms with Crippen molar-refractivity contribution in [3.63, 3.8) is 0 Å². The van der Waals surface area contributed by atoms with Gasteiger partial charge >= 0.3 is 0 Å². The van der Waals surface area contributed by atoms with Gasteiger partial charge in [0.05, 0.1) is 17.2 Å². The molecule has 7 nitrogen and oxygen atoms in total. The third-order valence-electron chi connectivity index (χ3n) is 6.67. The van der Waals surface area contributed by atoms with Gasteiger partial charge in [0.25, 0.3) is 0 Å². The Morgan fingerprint density at radius 1 is 1.35 bits per heavy atom. The zero-order chi connectivity index (χ0) is 17.9. The lowest BCUT2D eigenvalue weighted by molar-refractivity contribution is -0.156. The minimum absolute atomic E-state index is 0.0469.